The number of hydrogen-bond donors (Lipinski definition) is 1. The van der Waals surface area contributed by atoms with Crippen LogP contribution < -0.4 is 0 Å². The molecule has 1 rings (SSSR count). The van der Waals surface area contributed by atoms with Gasteiger partial charge in [-0.25, -0.2) is 0 Å². The molecule has 0 aliphatic carbocycles. The van der Waals surface area contributed by atoms with Crippen LogP contribution in [0.3, 0.4) is 0 Å². The standard InChI is InChI=1S/C9H14N2O3S/c1-6(2)15-5-7-10-8(14-11-7)3-4-9(12)13/h6H,3-5H2,1-2H3,(H,12,13). The van der Waals surface area contributed by atoms with E-state index in [0.717, 1.165) is 0 Å². The van der Waals surface area contributed by atoms with Gasteiger partial charge in [0.05, 0.1) is 12.2 Å². The maximum Gasteiger partial charge on any atom is 0.303 e. The van der Waals surface area contributed by atoms with Crippen molar-refractivity contribution in [1.82, 2.24) is 10.1 Å². The second-order valence-corrected chi connectivity index (χ2v) is 4.92. The van der Waals surface area contributed by atoms with Crippen molar-refractivity contribution in [2.75, 3.05) is 0 Å². The Hall–Kier alpha value is -1.04. The number of carboxylic acids is 1. The van der Waals surface area contributed by atoms with E-state index in [9.17, 15) is 4.79 Å². The normalized spacial score (nSPS) is 10.9. The Kier molecular flexibility index (Phi) is 4.61. The van der Waals surface area contributed by atoms with Crippen molar-refractivity contribution in [2.45, 2.75) is 37.7 Å². The Labute approximate surface area is 92.2 Å². The van der Waals surface area contributed by atoms with Gasteiger partial charge in [-0.1, -0.05) is 19.0 Å². The third kappa shape index (κ3) is 4.83. The van der Waals surface area contributed by atoms with Crippen LogP contribution in [0.1, 0.15) is 32.0 Å². The molecule has 0 aliphatic rings. The van der Waals surface area contributed by atoms with Gasteiger partial charge in [-0.05, 0) is 5.25 Å². The number of rotatable bonds is 6. The lowest BCUT2D eigenvalue weighted by molar-refractivity contribution is -0.137. The summed E-state index contributed by atoms with van der Waals surface area (Å²) in [5.41, 5.74) is 0. The molecule has 0 unspecified atom stereocenters. The molecule has 1 aromatic rings. The summed E-state index contributed by atoms with van der Waals surface area (Å²) < 4.78 is 4.91. The molecule has 0 saturated carbocycles. The van der Waals surface area contributed by atoms with Gasteiger partial charge in [-0.3, -0.25) is 4.79 Å². The van der Waals surface area contributed by atoms with E-state index in [1.54, 1.807) is 11.8 Å². The van der Waals surface area contributed by atoms with Crippen LogP contribution in [0.15, 0.2) is 4.52 Å². The highest BCUT2D eigenvalue weighted by Crippen LogP contribution is 2.15. The largest absolute Gasteiger partial charge is 0.481 e. The van der Waals surface area contributed by atoms with Gasteiger partial charge in [0, 0.05) is 6.42 Å². The molecular weight excluding hydrogens is 216 g/mol. The fourth-order valence-electron chi connectivity index (χ4n) is 0.905. The first-order valence-corrected chi connectivity index (χ1v) is 5.77. The van der Waals surface area contributed by atoms with Gasteiger partial charge in [0.2, 0.25) is 5.89 Å². The third-order valence-corrected chi connectivity index (χ3v) is 2.70. The monoisotopic (exact) mass is 230 g/mol. The van der Waals surface area contributed by atoms with Gasteiger partial charge in [0.25, 0.3) is 0 Å². The molecule has 15 heavy (non-hydrogen) atoms. The molecule has 0 spiro atoms. The minimum atomic E-state index is -0.855. The first kappa shape index (κ1) is 12.0. The fourth-order valence-corrected chi connectivity index (χ4v) is 1.51. The third-order valence-electron chi connectivity index (χ3n) is 1.61. The summed E-state index contributed by atoms with van der Waals surface area (Å²) in [5.74, 6) is 0.881. The van der Waals surface area contributed by atoms with Crippen molar-refractivity contribution >= 4 is 17.7 Å². The van der Waals surface area contributed by atoms with Crippen molar-refractivity contribution in [3.8, 4) is 0 Å². The Morgan fingerprint density at radius 3 is 2.93 bits per heavy atom. The number of carbonyl (C=O) groups is 1. The molecular formula is C9H14N2O3S. The minimum absolute atomic E-state index is 0.0267. The molecule has 6 heteroatoms. The van der Waals surface area contributed by atoms with Crippen molar-refractivity contribution in [3.63, 3.8) is 0 Å². The molecule has 1 aromatic heterocycles. The number of hydrogen-bond acceptors (Lipinski definition) is 5. The molecule has 0 aromatic carbocycles. The van der Waals surface area contributed by atoms with E-state index in [4.69, 9.17) is 9.63 Å². The van der Waals surface area contributed by atoms with Gasteiger partial charge in [-0.2, -0.15) is 16.7 Å². The molecule has 0 atom stereocenters. The summed E-state index contributed by atoms with van der Waals surface area (Å²) in [6.45, 7) is 4.19. The molecule has 0 amide bonds. The highest BCUT2D eigenvalue weighted by atomic mass is 32.2. The molecule has 0 fully saturated rings. The van der Waals surface area contributed by atoms with Crippen LogP contribution in [-0.2, 0) is 17.0 Å². The zero-order valence-electron chi connectivity index (χ0n) is 8.77. The minimum Gasteiger partial charge on any atom is -0.481 e. The first-order chi connectivity index (χ1) is 7.08. The first-order valence-electron chi connectivity index (χ1n) is 4.72. The van der Waals surface area contributed by atoms with Crippen LogP contribution >= 0.6 is 11.8 Å². The molecule has 1 N–H and O–H groups in total. The molecule has 0 radical (unpaired) electrons. The molecule has 0 saturated heterocycles. The smallest absolute Gasteiger partial charge is 0.303 e. The summed E-state index contributed by atoms with van der Waals surface area (Å²) in [4.78, 5) is 14.4. The van der Waals surface area contributed by atoms with Crippen LogP contribution in [0.5, 0.6) is 0 Å². The Balaban J connectivity index is 2.38. The van der Waals surface area contributed by atoms with Crippen LogP contribution in [0.25, 0.3) is 0 Å². The van der Waals surface area contributed by atoms with Gasteiger partial charge >= 0.3 is 5.97 Å². The summed E-state index contributed by atoms with van der Waals surface area (Å²) in [6, 6.07) is 0. The van der Waals surface area contributed by atoms with E-state index in [1.165, 1.54) is 0 Å². The number of nitrogens with zero attached hydrogens (tertiary/aromatic N) is 2. The SMILES string of the molecule is CC(C)SCc1noc(CCC(=O)O)n1. The molecule has 5 nitrogen and oxygen atoms in total. The van der Waals surface area contributed by atoms with Crippen LogP contribution in [0.2, 0.25) is 0 Å². The molecule has 84 valence electrons. The van der Waals surface area contributed by atoms with Gasteiger partial charge in [-0.15, -0.1) is 0 Å². The van der Waals surface area contributed by atoms with Crippen LogP contribution in [0, 0.1) is 0 Å². The van der Waals surface area contributed by atoms with E-state index < -0.39 is 5.97 Å². The lowest BCUT2D eigenvalue weighted by atomic mass is 10.3. The van der Waals surface area contributed by atoms with Crippen molar-refractivity contribution < 1.29 is 14.4 Å². The number of carboxylic acid groups (broad SMARTS) is 1. The topological polar surface area (TPSA) is 76.2 Å². The van der Waals surface area contributed by atoms with Crippen LogP contribution in [-0.4, -0.2) is 26.5 Å². The lowest BCUT2D eigenvalue weighted by Crippen LogP contribution is -1.97. The lowest BCUT2D eigenvalue weighted by Gasteiger charge is -1.98. The number of aromatic nitrogens is 2. The van der Waals surface area contributed by atoms with E-state index in [-0.39, 0.29) is 6.42 Å². The maximum atomic E-state index is 10.3. The highest BCUT2D eigenvalue weighted by molar-refractivity contribution is 7.99. The van der Waals surface area contributed by atoms with Gasteiger partial charge in [0.1, 0.15) is 0 Å². The second kappa shape index (κ2) is 5.75. The Bertz CT molecular complexity index is 325. The second-order valence-electron chi connectivity index (χ2n) is 3.36. The maximum absolute atomic E-state index is 10.3. The summed E-state index contributed by atoms with van der Waals surface area (Å²) in [7, 11) is 0. The average Bonchev–Trinajstić information content (AvgIpc) is 2.59. The predicted octanol–water partition coefficient (Wildman–Crippen LogP) is 1.73. The Morgan fingerprint density at radius 2 is 2.33 bits per heavy atom. The zero-order chi connectivity index (χ0) is 11.3. The quantitative estimate of drug-likeness (QED) is 0.802. The van der Waals surface area contributed by atoms with E-state index in [1.807, 2.05) is 0 Å². The molecule has 0 bridgehead atoms. The zero-order valence-corrected chi connectivity index (χ0v) is 9.58. The predicted molar refractivity (Wildman–Crippen MR) is 56.7 cm³/mol. The van der Waals surface area contributed by atoms with Crippen molar-refractivity contribution in [1.29, 1.82) is 0 Å². The molecule has 1 heterocycles. The average molecular weight is 230 g/mol. The van der Waals surface area contributed by atoms with E-state index in [2.05, 4.69) is 24.0 Å². The van der Waals surface area contributed by atoms with Crippen molar-refractivity contribution in [2.24, 2.45) is 0 Å². The summed E-state index contributed by atoms with van der Waals surface area (Å²) in [5, 5.41) is 12.7. The summed E-state index contributed by atoms with van der Waals surface area (Å²) in [6.07, 6.45) is 0.327. The van der Waals surface area contributed by atoms with E-state index >= 15 is 0 Å². The number of aryl methyl sites for hydroxylation is 1. The van der Waals surface area contributed by atoms with E-state index in [0.29, 0.717) is 29.1 Å². The fraction of sp³-hybridized carbons (Fsp3) is 0.667. The number of thioether (sulfide) groups is 1. The van der Waals surface area contributed by atoms with Gasteiger partial charge in [0.15, 0.2) is 5.82 Å². The molecule has 0 aliphatic heterocycles. The van der Waals surface area contributed by atoms with Crippen LogP contribution in [0.4, 0.5) is 0 Å². The summed E-state index contributed by atoms with van der Waals surface area (Å²) >= 11 is 1.72. The van der Waals surface area contributed by atoms with Crippen molar-refractivity contribution in [3.05, 3.63) is 11.7 Å². The Morgan fingerprint density at radius 1 is 1.60 bits per heavy atom. The number of aliphatic carboxylic acids is 1. The van der Waals surface area contributed by atoms with Gasteiger partial charge < -0.3 is 9.63 Å². The highest BCUT2D eigenvalue weighted by Gasteiger charge is 2.08.